The molecule has 2 aromatic rings. The average molecular weight is 336 g/mol. The van der Waals surface area contributed by atoms with E-state index in [1.807, 2.05) is 30.3 Å². The van der Waals surface area contributed by atoms with Gasteiger partial charge in [-0.1, -0.05) is 30.3 Å². The molecule has 0 radical (unpaired) electrons. The second-order valence-corrected chi connectivity index (χ2v) is 5.09. The zero-order valence-electron chi connectivity index (χ0n) is 10.9. The van der Waals surface area contributed by atoms with Crippen LogP contribution in [0.3, 0.4) is 0 Å². The number of halogens is 1. The van der Waals surface area contributed by atoms with Crippen LogP contribution in [0.5, 0.6) is 11.5 Å². The summed E-state index contributed by atoms with van der Waals surface area (Å²) in [6.07, 6.45) is 0.0588. The fraction of sp³-hybridized carbons (Fsp3) is 0.133. The molecule has 2 rings (SSSR count). The number of benzene rings is 2. The molecule has 0 bridgehead atoms. The number of phenols is 2. The Bertz CT molecular complexity index is 641. The number of hydrogen-bond acceptors (Lipinski definition) is 3. The molecule has 0 spiro atoms. The summed E-state index contributed by atoms with van der Waals surface area (Å²) in [6.45, 7) is 0. The van der Waals surface area contributed by atoms with E-state index < -0.39 is 0 Å². The number of rotatable bonds is 3. The van der Waals surface area contributed by atoms with Gasteiger partial charge in [0.2, 0.25) is 5.91 Å². The Hall–Kier alpha value is -2.01. The van der Waals surface area contributed by atoms with Crippen LogP contribution >= 0.6 is 15.9 Å². The van der Waals surface area contributed by atoms with Gasteiger partial charge in [-0.3, -0.25) is 4.79 Å². The minimum atomic E-state index is -0.201. The van der Waals surface area contributed by atoms with Crippen molar-refractivity contribution >= 4 is 21.8 Å². The van der Waals surface area contributed by atoms with Crippen LogP contribution in [0.15, 0.2) is 40.9 Å². The van der Waals surface area contributed by atoms with Gasteiger partial charge in [-0.15, -0.1) is 0 Å². The summed E-state index contributed by atoms with van der Waals surface area (Å²) in [6, 6.07) is 10.5. The van der Waals surface area contributed by atoms with E-state index in [0.29, 0.717) is 15.6 Å². The molecule has 0 heterocycles. The maximum atomic E-state index is 11.6. The minimum absolute atomic E-state index is 0.0588. The van der Waals surface area contributed by atoms with E-state index in [4.69, 9.17) is 0 Å². The summed E-state index contributed by atoms with van der Waals surface area (Å²) in [5.41, 5.74) is 1.87. The molecule has 0 aliphatic heterocycles. The summed E-state index contributed by atoms with van der Waals surface area (Å²) in [5, 5.41) is 22.5. The molecule has 20 heavy (non-hydrogen) atoms. The van der Waals surface area contributed by atoms with Gasteiger partial charge in [0, 0.05) is 18.7 Å². The molecule has 3 N–H and O–H groups in total. The van der Waals surface area contributed by atoms with Crippen molar-refractivity contribution in [1.29, 1.82) is 0 Å². The molecular formula is C15H14BrNO3. The predicted molar refractivity (Wildman–Crippen MR) is 80.7 cm³/mol. The first-order chi connectivity index (χ1) is 9.54. The van der Waals surface area contributed by atoms with E-state index in [2.05, 4.69) is 21.2 Å². The van der Waals surface area contributed by atoms with Crippen LogP contribution in [0, 0.1) is 0 Å². The highest BCUT2D eigenvalue weighted by Gasteiger charge is 2.19. The summed E-state index contributed by atoms with van der Waals surface area (Å²) < 4.78 is 0.415. The Morgan fingerprint density at radius 3 is 2.45 bits per heavy atom. The van der Waals surface area contributed by atoms with E-state index in [-0.39, 0.29) is 23.8 Å². The van der Waals surface area contributed by atoms with Crippen molar-refractivity contribution in [2.75, 3.05) is 7.05 Å². The van der Waals surface area contributed by atoms with Crippen LogP contribution in [0.2, 0.25) is 0 Å². The standard InChI is InChI=1S/C15H14BrNO3/c1-17-13(20)7-10-14(9-5-3-2-4-6-9)11(18)8-12(19)15(10)16/h2-6,8,18-19H,7H2,1H3,(H,17,20). The number of aromatic hydroxyl groups is 2. The molecule has 0 unspecified atom stereocenters. The topological polar surface area (TPSA) is 69.6 Å². The molecule has 0 saturated heterocycles. The lowest BCUT2D eigenvalue weighted by molar-refractivity contribution is -0.119. The van der Waals surface area contributed by atoms with Gasteiger partial charge >= 0.3 is 0 Å². The van der Waals surface area contributed by atoms with Crippen molar-refractivity contribution in [3.63, 3.8) is 0 Å². The quantitative estimate of drug-likeness (QED) is 0.807. The fourth-order valence-electron chi connectivity index (χ4n) is 2.03. The number of nitrogens with one attached hydrogen (secondary N) is 1. The van der Waals surface area contributed by atoms with Gasteiger partial charge < -0.3 is 15.5 Å². The fourth-order valence-corrected chi connectivity index (χ4v) is 2.48. The molecule has 0 fully saturated rings. The number of carbonyl (C=O) groups excluding carboxylic acids is 1. The van der Waals surface area contributed by atoms with Crippen LogP contribution in [0.1, 0.15) is 5.56 Å². The minimum Gasteiger partial charge on any atom is -0.507 e. The summed E-state index contributed by atoms with van der Waals surface area (Å²) >= 11 is 3.28. The smallest absolute Gasteiger partial charge is 0.224 e. The molecule has 104 valence electrons. The van der Waals surface area contributed by atoms with E-state index >= 15 is 0 Å². The summed E-state index contributed by atoms with van der Waals surface area (Å²) in [7, 11) is 1.54. The molecule has 0 aliphatic rings. The van der Waals surface area contributed by atoms with Crippen LogP contribution in [0.4, 0.5) is 0 Å². The first-order valence-corrected chi connectivity index (χ1v) is 6.83. The highest BCUT2D eigenvalue weighted by Crippen LogP contribution is 2.42. The number of hydrogen-bond donors (Lipinski definition) is 3. The molecule has 4 nitrogen and oxygen atoms in total. The first kappa shape index (κ1) is 14.4. The number of likely N-dealkylation sites (N-methyl/N-ethyl adjacent to an activating group) is 1. The zero-order chi connectivity index (χ0) is 14.7. The summed E-state index contributed by atoms with van der Waals surface area (Å²) in [4.78, 5) is 11.6. The zero-order valence-corrected chi connectivity index (χ0v) is 12.4. The Labute approximate surface area is 125 Å². The van der Waals surface area contributed by atoms with Crippen molar-refractivity contribution in [2.24, 2.45) is 0 Å². The second kappa shape index (κ2) is 5.96. The Morgan fingerprint density at radius 2 is 1.85 bits per heavy atom. The van der Waals surface area contributed by atoms with Gasteiger partial charge in [0.1, 0.15) is 11.5 Å². The van der Waals surface area contributed by atoms with Crippen molar-refractivity contribution in [3.05, 3.63) is 46.4 Å². The molecule has 0 aliphatic carbocycles. The van der Waals surface area contributed by atoms with Gasteiger partial charge in [-0.2, -0.15) is 0 Å². The van der Waals surface area contributed by atoms with Gasteiger partial charge in [0.15, 0.2) is 0 Å². The predicted octanol–water partition coefficient (Wildman–Crippen LogP) is 2.82. The summed E-state index contributed by atoms with van der Waals surface area (Å²) in [5.74, 6) is -0.357. The maximum absolute atomic E-state index is 11.6. The Morgan fingerprint density at radius 1 is 1.20 bits per heavy atom. The Kier molecular flexibility index (Phi) is 4.29. The lowest BCUT2D eigenvalue weighted by Crippen LogP contribution is -2.20. The van der Waals surface area contributed by atoms with E-state index in [1.165, 1.54) is 6.07 Å². The molecule has 0 aromatic heterocycles. The maximum Gasteiger partial charge on any atom is 0.224 e. The van der Waals surface area contributed by atoms with Crippen molar-refractivity contribution in [2.45, 2.75) is 6.42 Å². The lowest BCUT2D eigenvalue weighted by Gasteiger charge is -2.14. The molecule has 1 amide bonds. The van der Waals surface area contributed by atoms with Crippen molar-refractivity contribution < 1.29 is 15.0 Å². The first-order valence-electron chi connectivity index (χ1n) is 6.04. The Balaban J connectivity index is 2.66. The van der Waals surface area contributed by atoms with E-state index in [9.17, 15) is 15.0 Å². The third-order valence-corrected chi connectivity index (χ3v) is 3.88. The molecule has 2 aromatic carbocycles. The van der Waals surface area contributed by atoms with Crippen molar-refractivity contribution in [1.82, 2.24) is 5.32 Å². The normalized spacial score (nSPS) is 10.3. The second-order valence-electron chi connectivity index (χ2n) is 4.30. The van der Waals surface area contributed by atoms with E-state index in [1.54, 1.807) is 7.05 Å². The average Bonchev–Trinajstić information content (AvgIpc) is 2.45. The van der Waals surface area contributed by atoms with Crippen LogP contribution in [-0.4, -0.2) is 23.2 Å². The van der Waals surface area contributed by atoms with Gasteiger partial charge in [0.25, 0.3) is 0 Å². The molecule has 0 atom stereocenters. The molecule has 0 saturated carbocycles. The highest BCUT2D eigenvalue weighted by molar-refractivity contribution is 9.10. The third kappa shape index (κ3) is 2.77. The molecular weight excluding hydrogens is 322 g/mol. The lowest BCUT2D eigenvalue weighted by atomic mass is 9.96. The number of carbonyl (C=O) groups is 1. The van der Waals surface area contributed by atoms with Crippen molar-refractivity contribution in [3.8, 4) is 22.6 Å². The third-order valence-electron chi connectivity index (χ3n) is 3.00. The van der Waals surface area contributed by atoms with Crippen LogP contribution in [0.25, 0.3) is 11.1 Å². The van der Waals surface area contributed by atoms with Gasteiger partial charge in [0.05, 0.1) is 10.9 Å². The largest absolute Gasteiger partial charge is 0.507 e. The van der Waals surface area contributed by atoms with Crippen LogP contribution < -0.4 is 5.32 Å². The highest BCUT2D eigenvalue weighted by atomic mass is 79.9. The number of phenolic OH excluding ortho intramolecular Hbond substituents is 2. The van der Waals surface area contributed by atoms with Gasteiger partial charge in [-0.05, 0) is 27.1 Å². The number of amides is 1. The molecule has 5 heteroatoms. The SMILES string of the molecule is CNC(=O)Cc1c(Br)c(O)cc(O)c1-c1ccccc1. The van der Waals surface area contributed by atoms with Crippen LogP contribution in [-0.2, 0) is 11.2 Å². The monoisotopic (exact) mass is 335 g/mol. The van der Waals surface area contributed by atoms with E-state index in [0.717, 1.165) is 5.56 Å². The van der Waals surface area contributed by atoms with Gasteiger partial charge in [-0.25, -0.2) is 0 Å².